The van der Waals surface area contributed by atoms with Crippen LogP contribution in [0.1, 0.15) is 26.2 Å². The molecule has 2 N–H and O–H groups in total. The van der Waals surface area contributed by atoms with Crippen molar-refractivity contribution in [2.75, 3.05) is 33.9 Å². The lowest BCUT2D eigenvalue weighted by Crippen LogP contribution is -2.61. The molecule has 4 nitrogen and oxygen atoms in total. The number of hydrogen-bond donors (Lipinski definition) is 1. The smallest absolute Gasteiger partial charge is 0.0703 e. The summed E-state index contributed by atoms with van der Waals surface area (Å²) in [4.78, 5) is 2.45. The lowest BCUT2D eigenvalue weighted by atomic mass is 9.89. The van der Waals surface area contributed by atoms with Crippen LogP contribution in [0.3, 0.4) is 0 Å². The predicted octanol–water partition coefficient (Wildman–Crippen LogP) is 0.850. The lowest BCUT2D eigenvalue weighted by Gasteiger charge is -2.45. The molecule has 0 amide bonds. The van der Waals surface area contributed by atoms with Crippen LogP contribution in [0.25, 0.3) is 0 Å². The van der Waals surface area contributed by atoms with Gasteiger partial charge in [0.15, 0.2) is 0 Å². The van der Waals surface area contributed by atoms with Crippen molar-refractivity contribution in [2.45, 2.75) is 43.9 Å². The van der Waals surface area contributed by atoms with E-state index in [0.29, 0.717) is 24.6 Å². The maximum atomic E-state index is 6.09. The standard InChI is InChI=1S/C13H26N2O2/c1-10-12(6-7-17-10)15(2)13(8-14,9-16-3)11-4-5-11/h10-12H,4-9,14H2,1-3H3. The van der Waals surface area contributed by atoms with Gasteiger partial charge in [-0.05, 0) is 39.2 Å². The van der Waals surface area contributed by atoms with Gasteiger partial charge in [0.1, 0.15) is 0 Å². The SMILES string of the molecule is COCC(CN)(C1CC1)N(C)C1CCOC1C. The summed E-state index contributed by atoms with van der Waals surface area (Å²) in [6.07, 6.45) is 3.98. The Bertz CT molecular complexity index is 258. The molecule has 3 atom stereocenters. The molecule has 1 aliphatic carbocycles. The first-order valence-electron chi connectivity index (χ1n) is 6.69. The molecule has 0 aromatic carbocycles. The number of hydrogen-bond acceptors (Lipinski definition) is 4. The van der Waals surface area contributed by atoms with E-state index in [1.54, 1.807) is 7.11 Å². The van der Waals surface area contributed by atoms with Gasteiger partial charge in [0, 0.05) is 26.3 Å². The molecule has 2 fully saturated rings. The van der Waals surface area contributed by atoms with Crippen molar-refractivity contribution in [1.82, 2.24) is 4.90 Å². The molecular weight excluding hydrogens is 216 g/mol. The molecular formula is C13H26N2O2. The highest BCUT2D eigenvalue weighted by molar-refractivity contribution is 5.05. The highest BCUT2D eigenvalue weighted by Gasteiger charge is 2.50. The van der Waals surface area contributed by atoms with E-state index in [0.717, 1.165) is 19.6 Å². The molecule has 0 spiro atoms. The minimum absolute atomic E-state index is 0.0153. The average molecular weight is 242 g/mol. The molecule has 17 heavy (non-hydrogen) atoms. The quantitative estimate of drug-likeness (QED) is 0.750. The number of rotatable bonds is 6. The van der Waals surface area contributed by atoms with E-state index >= 15 is 0 Å². The van der Waals surface area contributed by atoms with Crippen molar-refractivity contribution in [2.24, 2.45) is 11.7 Å². The Labute approximate surface area is 104 Å². The normalized spacial score (nSPS) is 33.0. The van der Waals surface area contributed by atoms with Crippen LogP contribution in [-0.4, -0.2) is 56.5 Å². The van der Waals surface area contributed by atoms with Crippen LogP contribution in [-0.2, 0) is 9.47 Å². The van der Waals surface area contributed by atoms with Gasteiger partial charge >= 0.3 is 0 Å². The summed E-state index contributed by atoms with van der Waals surface area (Å²) in [5, 5.41) is 0. The van der Waals surface area contributed by atoms with Crippen molar-refractivity contribution in [3.8, 4) is 0 Å². The fourth-order valence-corrected chi connectivity index (χ4v) is 3.31. The minimum atomic E-state index is 0.0153. The van der Waals surface area contributed by atoms with Gasteiger partial charge in [0.25, 0.3) is 0 Å². The summed E-state index contributed by atoms with van der Waals surface area (Å²) in [7, 11) is 3.97. The van der Waals surface area contributed by atoms with Gasteiger partial charge in [0.2, 0.25) is 0 Å². The largest absolute Gasteiger partial charge is 0.383 e. The summed E-state index contributed by atoms with van der Waals surface area (Å²) in [5.41, 5.74) is 6.10. The van der Waals surface area contributed by atoms with Crippen molar-refractivity contribution in [3.63, 3.8) is 0 Å². The zero-order chi connectivity index (χ0) is 12.5. The van der Waals surface area contributed by atoms with Gasteiger partial charge in [0.05, 0.1) is 18.2 Å². The van der Waals surface area contributed by atoms with Crippen LogP contribution in [0.5, 0.6) is 0 Å². The summed E-state index contributed by atoms with van der Waals surface area (Å²) < 4.78 is 11.1. The molecule has 1 saturated heterocycles. The minimum Gasteiger partial charge on any atom is -0.383 e. The fourth-order valence-electron chi connectivity index (χ4n) is 3.31. The number of likely N-dealkylation sites (N-methyl/N-ethyl adjacent to an activating group) is 1. The Balaban J connectivity index is 2.13. The Morgan fingerprint density at radius 1 is 1.41 bits per heavy atom. The summed E-state index contributed by atoms with van der Waals surface area (Å²) >= 11 is 0. The van der Waals surface area contributed by atoms with E-state index in [2.05, 4.69) is 18.9 Å². The highest BCUT2D eigenvalue weighted by Crippen LogP contribution is 2.44. The first-order valence-corrected chi connectivity index (χ1v) is 6.69. The third-order valence-electron chi connectivity index (χ3n) is 4.62. The zero-order valence-corrected chi connectivity index (χ0v) is 11.3. The molecule has 0 bridgehead atoms. The summed E-state index contributed by atoms with van der Waals surface area (Å²) in [6.45, 7) is 4.43. The summed E-state index contributed by atoms with van der Waals surface area (Å²) in [5.74, 6) is 0.699. The van der Waals surface area contributed by atoms with Crippen molar-refractivity contribution in [3.05, 3.63) is 0 Å². The van der Waals surface area contributed by atoms with E-state index in [1.807, 2.05) is 0 Å². The van der Waals surface area contributed by atoms with Crippen LogP contribution >= 0.6 is 0 Å². The van der Waals surface area contributed by atoms with Crippen LogP contribution in [0, 0.1) is 5.92 Å². The molecule has 4 heteroatoms. The van der Waals surface area contributed by atoms with E-state index in [-0.39, 0.29) is 5.54 Å². The molecule has 3 unspecified atom stereocenters. The van der Waals surface area contributed by atoms with Gasteiger partial charge in [-0.3, -0.25) is 4.90 Å². The molecule has 1 saturated carbocycles. The van der Waals surface area contributed by atoms with Gasteiger partial charge < -0.3 is 15.2 Å². The number of nitrogens with two attached hydrogens (primary N) is 1. The third kappa shape index (κ3) is 2.36. The molecule has 100 valence electrons. The average Bonchev–Trinajstić information content (AvgIpc) is 3.09. The van der Waals surface area contributed by atoms with Crippen LogP contribution in [0.15, 0.2) is 0 Å². The Morgan fingerprint density at radius 3 is 2.53 bits per heavy atom. The second-order valence-electron chi connectivity index (χ2n) is 5.56. The monoisotopic (exact) mass is 242 g/mol. The molecule has 2 rings (SSSR count). The van der Waals surface area contributed by atoms with Crippen molar-refractivity contribution >= 4 is 0 Å². The molecule has 2 aliphatic rings. The first kappa shape index (κ1) is 13.3. The molecule has 0 aromatic rings. The van der Waals surface area contributed by atoms with E-state index in [1.165, 1.54) is 12.8 Å². The zero-order valence-electron chi connectivity index (χ0n) is 11.3. The van der Waals surface area contributed by atoms with E-state index in [9.17, 15) is 0 Å². The van der Waals surface area contributed by atoms with E-state index < -0.39 is 0 Å². The van der Waals surface area contributed by atoms with Crippen molar-refractivity contribution < 1.29 is 9.47 Å². The van der Waals surface area contributed by atoms with Crippen LogP contribution < -0.4 is 5.73 Å². The number of methoxy groups -OCH3 is 1. The topological polar surface area (TPSA) is 47.7 Å². The maximum absolute atomic E-state index is 6.09. The summed E-state index contributed by atoms with van der Waals surface area (Å²) in [6, 6.07) is 0.481. The number of ether oxygens (including phenoxy) is 2. The molecule has 1 aliphatic heterocycles. The van der Waals surface area contributed by atoms with Gasteiger partial charge in [-0.2, -0.15) is 0 Å². The van der Waals surface area contributed by atoms with Gasteiger partial charge in [-0.15, -0.1) is 0 Å². The Hall–Kier alpha value is -0.160. The van der Waals surface area contributed by atoms with E-state index in [4.69, 9.17) is 15.2 Å². The van der Waals surface area contributed by atoms with Gasteiger partial charge in [-0.25, -0.2) is 0 Å². The molecule has 1 heterocycles. The second-order valence-corrected chi connectivity index (χ2v) is 5.56. The molecule has 0 radical (unpaired) electrons. The number of nitrogens with zero attached hydrogens (tertiary/aromatic N) is 1. The highest BCUT2D eigenvalue weighted by atomic mass is 16.5. The second kappa shape index (κ2) is 5.22. The third-order valence-corrected chi connectivity index (χ3v) is 4.62. The molecule has 0 aromatic heterocycles. The Kier molecular flexibility index (Phi) is 4.08. The van der Waals surface area contributed by atoms with Crippen LogP contribution in [0.4, 0.5) is 0 Å². The van der Waals surface area contributed by atoms with Crippen molar-refractivity contribution in [1.29, 1.82) is 0 Å². The lowest BCUT2D eigenvalue weighted by molar-refractivity contribution is -0.0271. The van der Waals surface area contributed by atoms with Gasteiger partial charge in [-0.1, -0.05) is 0 Å². The predicted molar refractivity (Wildman–Crippen MR) is 68.0 cm³/mol. The maximum Gasteiger partial charge on any atom is 0.0703 e. The van der Waals surface area contributed by atoms with Crippen LogP contribution in [0.2, 0.25) is 0 Å². The fraction of sp³-hybridized carbons (Fsp3) is 1.00. The Morgan fingerprint density at radius 2 is 2.12 bits per heavy atom. The first-order chi connectivity index (χ1) is 8.15.